The molecule has 3 nitrogen and oxygen atoms in total. The van der Waals surface area contributed by atoms with E-state index in [9.17, 15) is 9.59 Å². The molecule has 0 spiro atoms. The lowest BCUT2D eigenvalue weighted by Gasteiger charge is -2.33. The number of allylic oxidation sites excluding steroid dienone is 2. The third-order valence-corrected chi connectivity index (χ3v) is 3.36. The first-order valence-electron chi connectivity index (χ1n) is 4.88. The molecule has 1 fully saturated rings. The number of methoxy groups -OCH3 is 1. The molecule has 2 aliphatic carbocycles. The lowest BCUT2D eigenvalue weighted by molar-refractivity contribution is -0.124. The molecule has 0 amide bonds. The van der Waals surface area contributed by atoms with E-state index in [1.165, 1.54) is 13.2 Å². The molecule has 0 aromatic rings. The standard InChI is InChI=1S/C11H14O3/c1-11-4-3-8(13)10(11)9(14-2)5-7(12)6-11/h5,10H,3-4,6H2,1-2H3. The molecule has 2 aliphatic rings. The zero-order valence-corrected chi connectivity index (χ0v) is 8.50. The molecular weight excluding hydrogens is 180 g/mol. The molecule has 0 heterocycles. The van der Waals surface area contributed by atoms with Gasteiger partial charge in [-0.25, -0.2) is 0 Å². The van der Waals surface area contributed by atoms with E-state index in [1.807, 2.05) is 6.92 Å². The number of carbonyl (C=O) groups is 2. The lowest BCUT2D eigenvalue weighted by Crippen LogP contribution is -2.34. The van der Waals surface area contributed by atoms with Crippen molar-refractivity contribution in [3.05, 3.63) is 11.8 Å². The van der Waals surface area contributed by atoms with Crippen molar-refractivity contribution < 1.29 is 14.3 Å². The van der Waals surface area contributed by atoms with Crippen molar-refractivity contribution in [1.82, 2.24) is 0 Å². The van der Waals surface area contributed by atoms with Gasteiger partial charge in [0, 0.05) is 18.9 Å². The second-order valence-electron chi connectivity index (χ2n) is 4.45. The summed E-state index contributed by atoms with van der Waals surface area (Å²) in [5, 5.41) is 0. The number of rotatable bonds is 1. The Balaban J connectivity index is 2.43. The van der Waals surface area contributed by atoms with Gasteiger partial charge in [-0.3, -0.25) is 9.59 Å². The van der Waals surface area contributed by atoms with Crippen LogP contribution in [0.4, 0.5) is 0 Å². The third-order valence-electron chi connectivity index (χ3n) is 3.36. The molecule has 0 saturated heterocycles. The SMILES string of the molecule is COC1=CC(=O)CC2(C)CCC(=O)C12. The van der Waals surface area contributed by atoms with Crippen LogP contribution in [0.2, 0.25) is 0 Å². The van der Waals surface area contributed by atoms with Gasteiger partial charge in [-0.1, -0.05) is 6.92 Å². The average molecular weight is 194 g/mol. The van der Waals surface area contributed by atoms with Crippen LogP contribution in [0.25, 0.3) is 0 Å². The van der Waals surface area contributed by atoms with E-state index in [2.05, 4.69) is 0 Å². The number of ether oxygens (including phenoxy) is 1. The highest BCUT2D eigenvalue weighted by Crippen LogP contribution is 2.49. The number of carbonyl (C=O) groups excluding carboxylic acids is 2. The van der Waals surface area contributed by atoms with Gasteiger partial charge < -0.3 is 4.74 Å². The van der Waals surface area contributed by atoms with Crippen LogP contribution in [0, 0.1) is 11.3 Å². The maximum Gasteiger partial charge on any atom is 0.159 e. The van der Waals surface area contributed by atoms with Gasteiger partial charge in [-0.15, -0.1) is 0 Å². The van der Waals surface area contributed by atoms with Crippen LogP contribution in [-0.4, -0.2) is 18.7 Å². The van der Waals surface area contributed by atoms with Crippen LogP contribution in [-0.2, 0) is 14.3 Å². The molecule has 3 heteroatoms. The Labute approximate surface area is 83.1 Å². The minimum absolute atomic E-state index is 0.0790. The fourth-order valence-corrected chi connectivity index (χ4v) is 2.65. The molecule has 2 unspecified atom stereocenters. The summed E-state index contributed by atoms with van der Waals surface area (Å²) in [7, 11) is 1.52. The second kappa shape index (κ2) is 2.94. The molecule has 2 rings (SSSR count). The molecular formula is C11H14O3. The first-order chi connectivity index (χ1) is 6.57. The number of fused-ring (bicyclic) bond motifs is 1. The molecule has 0 aromatic carbocycles. The van der Waals surface area contributed by atoms with E-state index in [0.717, 1.165) is 6.42 Å². The fraction of sp³-hybridized carbons (Fsp3) is 0.636. The van der Waals surface area contributed by atoms with Crippen LogP contribution >= 0.6 is 0 Å². The van der Waals surface area contributed by atoms with Crippen LogP contribution < -0.4 is 0 Å². The van der Waals surface area contributed by atoms with Crippen molar-refractivity contribution in [2.24, 2.45) is 11.3 Å². The van der Waals surface area contributed by atoms with Crippen molar-refractivity contribution in [1.29, 1.82) is 0 Å². The monoisotopic (exact) mass is 194 g/mol. The van der Waals surface area contributed by atoms with E-state index < -0.39 is 0 Å². The molecule has 76 valence electrons. The Kier molecular flexibility index (Phi) is 1.98. The summed E-state index contributed by atoms with van der Waals surface area (Å²) in [5.74, 6) is 0.680. The number of hydrogen-bond acceptors (Lipinski definition) is 3. The van der Waals surface area contributed by atoms with E-state index in [-0.39, 0.29) is 22.9 Å². The van der Waals surface area contributed by atoms with Crippen LogP contribution in [0.15, 0.2) is 11.8 Å². The maximum atomic E-state index is 11.7. The molecule has 0 aliphatic heterocycles. The molecule has 0 bridgehead atoms. The summed E-state index contributed by atoms with van der Waals surface area (Å²) in [6, 6.07) is 0. The van der Waals surface area contributed by atoms with Gasteiger partial charge in [0.2, 0.25) is 0 Å². The quantitative estimate of drug-likeness (QED) is 0.635. The average Bonchev–Trinajstić information content (AvgIpc) is 2.40. The summed E-state index contributed by atoms with van der Waals surface area (Å²) in [5.41, 5.74) is -0.186. The predicted molar refractivity (Wildman–Crippen MR) is 50.6 cm³/mol. The first-order valence-corrected chi connectivity index (χ1v) is 4.88. The van der Waals surface area contributed by atoms with E-state index >= 15 is 0 Å². The zero-order chi connectivity index (χ0) is 10.3. The van der Waals surface area contributed by atoms with E-state index in [4.69, 9.17) is 4.74 Å². The number of ketones is 2. The highest BCUT2D eigenvalue weighted by Gasteiger charge is 2.50. The van der Waals surface area contributed by atoms with Gasteiger partial charge in [-0.05, 0) is 11.8 Å². The summed E-state index contributed by atoms with van der Waals surface area (Å²) < 4.78 is 5.13. The van der Waals surface area contributed by atoms with Gasteiger partial charge in [0.1, 0.15) is 11.5 Å². The van der Waals surface area contributed by atoms with Gasteiger partial charge >= 0.3 is 0 Å². The van der Waals surface area contributed by atoms with E-state index in [0.29, 0.717) is 18.6 Å². The fourth-order valence-electron chi connectivity index (χ4n) is 2.65. The van der Waals surface area contributed by atoms with Gasteiger partial charge in [0.25, 0.3) is 0 Å². The van der Waals surface area contributed by atoms with Crippen LogP contribution in [0.5, 0.6) is 0 Å². The molecule has 0 N–H and O–H groups in total. The van der Waals surface area contributed by atoms with Gasteiger partial charge in [0.05, 0.1) is 13.0 Å². The molecule has 1 saturated carbocycles. The Bertz CT molecular complexity index is 329. The minimum atomic E-state index is -0.186. The normalized spacial score (nSPS) is 36.7. The Morgan fingerprint density at radius 2 is 2.21 bits per heavy atom. The van der Waals surface area contributed by atoms with Gasteiger partial charge in [0.15, 0.2) is 5.78 Å². The molecule has 2 atom stereocenters. The highest BCUT2D eigenvalue weighted by atomic mass is 16.5. The van der Waals surface area contributed by atoms with Gasteiger partial charge in [-0.2, -0.15) is 0 Å². The first kappa shape index (κ1) is 9.44. The summed E-state index contributed by atoms with van der Waals surface area (Å²) >= 11 is 0. The van der Waals surface area contributed by atoms with Crippen molar-refractivity contribution in [2.45, 2.75) is 26.2 Å². The molecule has 0 radical (unpaired) electrons. The Morgan fingerprint density at radius 1 is 1.50 bits per heavy atom. The Hall–Kier alpha value is -1.12. The van der Waals surface area contributed by atoms with E-state index in [1.54, 1.807) is 0 Å². The Morgan fingerprint density at radius 3 is 2.86 bits per heavy atom. The lowest BCUT2D eigenvalue weighted by atomic mass is 9.71. The molecule has 0 aromatic heterocycles. The smallest absolute Gasteiger partial charge is 0.159 e. The van der Waals surface area contributed by atoms with Crippen molar-refractivity contribution in [3.63, 3.8) is 0 Å². The second-order valence-corrected chi connectivity index (χ2v) is 4.45. The van der Waals surface area contributed by atoms with Crippen LogP contribution in [0.1, 0.15) is 26.2 Å². The molecule has 14 heavy (non-hydrogen) atoms. The minimum Gasteiger partial charge on any atom is -0.500 e. The summed E-state index contributed by atoms with van der Waals surface area (Å²) in [6.07, 6.45) is 3.35. The predicted octanol–water partition coefficient (Wildman–Crippen LogP) is 1.47. The topological polar surface area (TPSA) is 43.4 Å². The largest absolute Gasteiger partial charge is 0.500 e. The number of Topliss-reactive ketones (excluding diaryl/α,β-unsaturated/α-hetero) is 1. The zero-order valence-electron chi connectivity index (χ0n) is 8.50. The van der Waals surface area contributed by atoms with Crippen molar-refractivity contribution in [2.75, 3.05) is 7.11 Å². The summed E-state index contributed by atoms with van der Waals surface area (Å²) in [6.45, 7) is 2.01. The highest BCUT2D eigenvalue weighted by molar-refractivity contribution is 5.97. The van der Waals surface area contributed by atoms with Crippen LogP contribution in [0.3, 0.4) is 0 Å². The summed E-state index contributed by atoms with van der Waals surface area (Å²) in [4.78, 5) is 23.1. The van der Waals surface area contributed by atoms with Crippen molar-refractivity contribution in [3.8, 4) is 0 Å². The van der Waals surface area contributed by atoms with Crippen molar-refractivity contribution >= 4 is 11.6 Å². The number of hydrogen-bond donors (Lipinski definition) is 0. The third kappa shape index (κ3) is 1.19. The maximum absolute atomic E-state index is 11.7.